The largest absolute Gasteiger partial charge is 0.301 e. The molecule has 2 nitrogen and oxygen atoms in total. The molecule has 0 amide bonds. The molecular weight excluding hydrogens is 220 g/mol. The van der Waals surface area contributed by atoms with Crippen molar-refractivity contribution in [3.05, 3.63) is 11.6 Å². The smallest absolute Gasteiger partial charge is 0.0712 e. The number of hydrogen-bond acceptors (Lipinski definition) is 2. The quantitative estimate of drug-likeness (QED) is 0.594. The first-order valence-corrected chi connectivity index (χ1v) is 7.10. The molecule has 0 aromatic heterocycles. The summed E-state index contributed by atoms with van der Waals surface area (Å²) in [5, 5.41) is 3.61. The molecule has 0 spiro atoms. The molecule has 1 atom stereocenters. The average molecular weight is 248 g/mol. The fraction of sp³-hybridized carbons (Fsp3) is 0.750. The molecule has 1 aliphatic rings. The van der Waals surface area contributed by atoms with Crippen molar-refractivity contribution in [1.29, 1.82) is 0 Å². The summed E-state index contributed by atoms with van der Waals surface area (Å²) in [7, 11) is 0. The van der Waals surface area contributed by atoms with E-state index in [9.17, 15) is 0 Å². The Bertz CT molecular complexity index is 300. The number of allylic oxidation sites excluding steroid dienone is 1. The molecule has 0 aromatic rings. The Balaban J connectivity index is 2.31. The molecule has 1 unspecified atom stereocenters. The van der Waals surface area contributed by atoms with Gasteiger partial charge < -0.3 is 5.32 Å². The van der Waals surface area contributed by atoms with E-state index in [1.54, 1.807) is 0 Å². The van der Waals surface area contributed by atoms with Gasteiger partial charge in [0.2, 0.25) is 0 Å². The first-order chi connectivity index (χ1) is 8.52. The highest BCUT2D eigenvalue weighted by atomic mass is 15.1. The fourth-order valence-electron chi connectivity index (χ4n) is 2.28. The zero-order valence-corrected chi connectivity index (χ0v) is 12.4. The van der Waals surface area contributed by atoms with Gasteiger partial charge in [0.05, 0.1) is 6.04 Å². The van der Waals surface area contributed by atoms with E-state index in [0.717, 1.165) is 6.54 Å². The van der Waals surface area contributed by atoms with Gasteiger partial charge in [-0.15, -0.1) is 6.42 Å². The lowest BCUT2D eigenvalue weighted by atomic mass is 9.99. The lowest BCUT2D eigenvalue weighted by molar-refractivity contribution is 0.206. The highest BCUT2D eigenvalue weighted by Gasteiger charge is 2.21. The topological polar surface area (TPSA) is 15.3 Å². The molecule has 1 N–H and O–H groups in total. The van der Waals surface area contributed by atoms with E-state index in [4.69, 9.17) is 6.42 Å². The van der Waals surface area contributed by atoms with Gasteiger partial charge in [-0.05, 0) is 45.7 Å². The van der Waals surface area contributed by atoms with Gasteiger partial charge in [-0.2, -0.15) is 0 Å². The molecule has 0 bridgehead atoms. The molecule has 1 fully saturated rings. The van der Waals surface area contributed by atoms with Crippen LogP contribution in [0.4, 0.5) is 0 Å². The van der Waals surface area contributed by atoms with Crippen molar-refractivity contribution < 1.29 is 0 Å². The molecule has 0 radical (unpaired) electrons. The molecule has 1 rings (SSSR count). The maximum Gasteiger partial charge on any atom is 0.0712 e. The van der Waals surface area contributed by atoms with E-state index < -0.39 is 0 Å². The van der Waals surface area contributed by atoms with E-state index in [1.807, 2.05) is 0 Å². The third-order valence-electron chi connectivity index (χ3n) is 3.61. The maximum atomic E-state index is 5.57. The van der Waals surface area contributed by atoms with Crippen LogP contribution in [0.3, 0.4) is 0 Å². The van der Waals surface area contributed by atoms with Crippen LogP contribution in [0.25, 0.3) is 0 Å². The van der Waals surface area contributed by atoms with E-state index in [1.165, 1.54) is 31.5 Å². The first kappa shape index (κ1) is 15.3. The number of hydrogen-bond donors (Lipinski definition) is 1. The van der Waals surface area contributed by atoms with E-state index in [2.05, 4.69) is 49.9 Å². The van der Waals surface area contributed by atoms with E-state index in [0.29, 0.717) is 12.0 Å². The van der Waals surface area contributed by atoms with E-state index >= 15 is 0 Å². The lowest BCUT2D eigenvalue weighted by Crippen LogP contribution is -2.47. The third-order valence-corrected chi connectivity index (χ3v) is 3.61. The summed E-state index contributed by atoms with van der Waals surface area (Å²) in [6.07, 6.45) is 10.3. The lowest BCUT2D eigenvalue weighted by Gasteiger charge is -2.34. The van der Waals surface area contributed by atoms with Gasteiger partial charge in [0.1, 0.15) is 0 Å². The van der Waals surface area contributed by atoms with Gasteiger partial charge in [-0.25, -0.2) is 0 Å². The van der Waals surface area contributed by atoms with E-state index in [-0.39, 0.29) is 6.04 Å². The number of piperidine rings is 1. The molecule has 0 aromatic carbocycles. The van der Waals surface area contributed by atoms with Gasteiger partial charge >= 0.3 is 0 Å². The minimum absolute atomic E-state index is 0.222. The standard InChI is InChI=1S/C16H28N2/c1-6-16(14(4)5)17-15-8-11-18(12-9-15)10-7-13(2)3/h1,7,14-17H,8-12H2,2-5H3. The molecule has 0 saturated carbocycles. The van der Waals surface area contributed by atoms with Gasteiger partial charge in [-0.3, -0.25) is 4.90 Å². The third kappa shape index (κ3) is 5.25. The Labute approximate surface area is 113 Å². The van der Waals surface area contributed by atoms with Crippen LogP contribution in [0.15, 0.2) is 11.6 Å². The van der Waals surface area contributed by atoms with Crippen molar-refractivity contribution >= 4 is 0 Å². The van der Waals surface area contributed by atoms with Crippen LogP contribution in [-0.2, 0) is 0 Å². The van der Waals surface area contributed by atoms with Gasteiger partial charge in [0, 0.05) is 12.6 Å². The van der Waals surface area contributed by atoms with Crippen LogP contribution in [0.1, 0.15) is 40.5 Å². The number of nitrogens with one attached hydrogen (secondary N) is 1. The maximum absolute atomic E-state index is 5.57. The van der Waals surface area contributed by atoms with Crippen LogP contribution in [-0.4, -0.2) is 36.6 Å². The second kappa shape index (κ2) is 7.61. The summed E-state index contributed by atoms with van der Waals surface area (Å²) in [6, 6.07) is 0.815. The molecule has 18 heavy (non-hydrogen) atoms. The summed E-state index contributed by atoms with van der Waals surface area (Å²) in [4.78, 5) is 2.52. The molecule has 1 heterocycles. The predicted molar refractivity (Wildman–Crippen MR) is 79.5 cm³/mol. The first-order valence-electron chi connectivity index (χ1n) is 7.10. The number of terminal acetylenes is 1. The van der Waals surface area contributed by atoms with Gasteiger partial charge in [-0.1, -0.05) is 31.4 Å². The molecular formula is C16H28N2. The van der Waals surface area contributed by atoms with Crippen molar-refractivity contribution in [2.45, 2.75) is 52.6 Å². The molecule has 1 aliphatic heterocycles. The summed E-state index contributed by atoms with van der Waals surface area (Å²) in [5.41, 5.74) is 1.41. The van der Waals surface area contributed by atoms with Gasteiger partial charge in [0.15, 0.2) is 0 Å². The monoisotopic (exact) mass is 248 g/mol. The second-order valence-corrected chi connectivity index (χ2v) is 5.91. The Morgan fingerprint density at radius 1 is 1.39 bits per heavy atom. The Morgan fingerprint density at radius 2 is 2.00 bits per heavy atom. The van der Waals surface area contributed by atoms with Crippen LogP contribution >= 0.6 is 0 Å². The zero-order chi connectivity index (χ0) is 13.5. The van der Waals surface area contributed by atoms with Crippen molar-refractivity contribution in [3.63, 3.8) is 0 Å². The van der Waals surface area contributed by atoms with Crippen molar-refractivity contribution in [3.8, 4) is 12.3 Å². The molecule has 1 saturated heterocycles. The van der Waals surface area contributed by atoms with Crippen molar-refractivity contribution in [2.75, 3.05) is 19.6 Å². The zero-order valence-electron chi connectivity index (χ0n) is 12.4. The van der Waals surface area contributed by atoms with Crippen LogP contribution in [0.5, 0.6) is 0 Å². The fourth-order valence-corrected chi connectivity index (χ4v) is 2.28. The summed E-state index contributed by atoms with van der Waals surface area (Å²) < 4.78 is 0. The Morgan fingerprint density at radius 3 is 2.44 bits per heavy atom. The second-order valence-electron chi connectivity index (χ2n) is 5.91. The molecule has 102 valence electrons. The summed E-state index contributed by atoms with van der Waals surface area (Å²) >= 11 is 0. The number of likely N-dealkylation sites (tertiary alicyclic amines) is 1. The van der Waals surface area contributed by atoms with Crippen molar-refractivity contribution in [2.24, 2.45) is 5.92 Å². The average Bonchev–Trinajstić information content (AvgIpc) is 2.34. The van der Waals surface area contributed by atoms with Gasteiger partial charge in [0.25, 0.3) is 0 Å². The van der Waals surface area contributed by atoms with Crippen LogP contribution < -0.4 is 5.32 Å². The molecule has 2 heteroatoms. The van der Waals surface area contributed by atoms with Crippen LogP contribution in [0, 0.1) is 18.3 Å². The highest BCUT2D eigenvalue weighted by Crippen LogP contribution is 2.13. The molecule has 0 aliphatic carbocycles. The van der Waals surface area contributed by atoms with Crippen molar-refractivity contribution in [1.82, 2.24) is 10.2 Å². The summed E-state index contributed by atoms with van der Waals surface area (Å²) in [5.74, 6) is 3.38. The van der Waals surface area contributed by atoms with Crippen LogP contribution in [0.2, 0.25) is 0 Å². The minimum atomic E-state index is 0.222. The number of nitrogens with zero attached hydrogens (tertiary/aromatic N) is 1. The Hall–Kier alpha value is -0.780. The number of rotatable bonds is 5. The Kier molecular flexibility index (Phi) is 6.46. The normalized spacial score (nSPS) is 19.6. The summed E-state index contributed by atoms with van der Waals surface area (Å²) in [6.45, 7) is 12.1. The predicted octanol–water partition coefficient (Wildman–Crippen LogP) is 2.66. The SMILES string of the molecule is C#CC(NC1CCN(CC=C(C)C)CC1)C(C)C. The minimum Gasteiger partial charge on any atom is -0.301 e. The highest BCUT2D eigenvalue weighted by molar-refractivity contribution is 5.02.